The maximum Gasteiger partial charge on any atom is 0.236 e. The van der Waals surface area contributed by atoms with Gasteiger partial charge in [0.1, 0.15) is 6.26 Å². The van der Waals surface area contributed by atoms with E-state index in [1.807, 2.05) is 30.6 Å². The molecular formula is C16H23IN4OS. The van der Waals surface area contributed by atoms with E-state index in [0.717, 1.165) is 35.9 Å². The molecule has 1 N–H and O–H groups in total. The van der Waals surface area contributed by atoms with E-state index < -0.39 is 0 Å². The molecule has 5 nitrogen and oxygen atoms in total. The number of hydrogen-bond acceptors (Lipinski definition) is 4. The summed E-state index contributed by atoms with van der Waals surface area (Å²) in [5.74, 6) is 1.52. The SMILES string of the molecule is C=CCCCN(C)C(=NC)NCc1coc(-c2cccs2)n1.I. The van der Waals surface area contributed by atoms with Crippen LogP contribution < -0.4 is 5.32 Å². The van der Waals surface area contributed by atoms with Crippen LogP contribution in [0, 0.1) is 0 Å². The fraction of sp³-hybridized carbons (Fsp3) is 0.375. The summed E-state index contributed by atoms with van der Waals surface area (Å²) >= 11 is 1.62. The Morgan fingerprint density at radius 1 is 1.57 bits per heavy atom. The van der Waals surface area contributed by atoms with Crippen LogP contribution in [0.5, 0.6) is 0 Å². The van der Waals surface area contributed by atoms with Gasteiger partial charge in [-0.2, -0.15) is 0 Å². The number of unbranched alkanes of at least 4 members (excludes halogenated alkanes) is 1. The molecule has 23 heavy (non-hydrogen) atoms. The Balaban J connectivity index is 0.00000264. The highest BCUT2D eigenvalue weighted by Crippen LogP contribution is 2.23. The first-order valence-corrected chi connectivity index (χ1v) is 8.13. The van der Waals surface area contributed by atoms with E-state index in [-0.39, 0.29) is 24.0 Å². The summed E-state index contributed by atoms with van der Waals surface area (Å²) < 4.78 is 5.51. The number of hydrogen-bond donors (Lipinski definition) is 1. The Kier molecular flexibility index (Phi) is 8.93. The van der Waals surface area contributed by atoms with Gasteiger partial charge in [-0.3, -0.25) is 4.99 Å². The van der Waals surface area contributed by atoms with Gasteiger partial charge in [-0.1, -0.05) is 12.1 Å². The number of halogens is 1. The lowest BCUT2D eigenvalue weighted by atomic mass is 10.3. The third-order valence-electron chi connectivity index (χ3n) is 3.19. The minimum Gasteiger partial charge on any atom is -0.443 e. The lowest BCUT2D eigenvalue weighted by molar-refractivity contribution is 0.469. The fourth-order valence-corrected chi connectivity index (χ4v) is 2.69. The van der Waals surface area contributed by atoms with Gasteiger partial charge in [0.25, 0.3) is 0 Å². The summed E-state index contributed by atoms with van der Waals surface area (Å²) in [5.41, 5.74) is 0.865. The van der Waals surface area contributed by atoms with E-state index in [1.54, 1.807) is 24.6 Å². The van der Waals surface area contributed by atoms with Crippen LogP contribution in [0.3, 0.4) is 0 Å². The number of aromatic nitrogens is 1. The molecule has 0 radical (unpaired) electrons. The van der Waals surface area contributed by atoms with Crippen LogP contribution in [-0.4, -0.2) is 36.5 Å². The number of allylic oxidation sites excluding steroid dienone is 1. The van der Waals surface area contributed by atoms with E-state index in [9.17, 15) is 0 Å². The zero-order chi connectivity index (χ0) is 15.8. The van der Waals surface area contributed by atoms with Gasteiger partial charge in [-0.05, 0) is 24.3 Å². The van der Waals surface area contributed by atoms with Crippen LogP contribution in [-0.2, 0) is 6.54 Å². The summed E-state index contributed by atoms with van der Waals surface area (Å²) in [5, 5.41) is 5.31. The second-order valence-corrected chi connectivity index (χ2v) is 5.82. The molecule has 0 aliphatic rings. The van der Waals surface area contributed by atoms with Gasteiger partial charge in [0, 0.05) is 20.6 Å². The second kappa shape index (κ2) is 10.4. The van der Waals surface area contributed by atoms with Crippen LogP contribution >= 0.6 is 35.3 Å². The number of guanidine groups is 1. The van der Waals surface area contributed by atoms with E-state index in [4.69, 9.17) is 4.42 Å². The van der Waals surface area contributed by atoms with E-state index >= 15 is 0 Å². The quantitative estimate of drug-likeness (QED) is 0.230. The smallest absolute Gasteiger partial charge is 0.236 e. The van der Waals surface area contributed by atoms with E-state index in [1.165, 1.54) is 0 Å². The Morgan fingerprint density at radius 2 is 2.39 bits per heavy atom. The summed E-state index contributed by atoms with van der Waals surface area (Å²) in [6.45, 7) is 5.27. The van der Waals surface area contributed by atoms with Gasteiger partial charge in [0.15, 0.2) is 5.96 Å². The normalized spacial score (nSPS) is 11.0. The average molecular weight is 446 g/mol. The monoisotopic (exact) mass is 446 g/mol. The highest BCUT2D eigenvalue weighted by atomic mass is 127. The number of oxazole rings is 1. The first kappa shape index (κ1) is 19.7. The summed E-state index contributed by atoms with van der Waals surface area (Å²) in [6, 6.07) is 3.99. The first-order chi connectivity index (χ1) is 10.7. The van der Waals surface area contributed by atoms with Crippen molar-refractivity contribution in [3.05, 3.63) is 42.1 Å². The van der Waals surface area contributed by atoms with Gasteiger partial charge in [-0.15, -0.1) is 41.9 Å². The largest absolute Gasteiger partial charge is 0.443 e. The number of rotatable bonds is 7. The summed E-state index contributed by atoms with van der Waals surface area (Å²) in [6.07, 6.45) is 5.69. The van der Waals surface area contributed by atoms with Gasteiger partial charge in [0.05, 0.1) is 17.1 Å². The van der Waals surface area contributed by atoms with Crippen molar-refractivity contribution in [2.45, 2.75) is 19.4 Å². The molecule has 0 atom stereocenters. The summed E-state index contributed by atoms with van der Waals surface area (Å²) in [7, 11) is 3.81. The zero-order valence-electron chi connectivity index (χ0n) is 13.5. The molecule has 0 fully saturated rings. The molecule has 0 spiro atoms. The molecule has 0 aromatic carbocycles. The van der Waals surface area contributed by atoms with E-state index in [0.29, 0.717) is 12.4 Å². The number of nitrogens with one attached hydrogen (secondary N) is 1. The average Bonchev–Trinajstić information content (AvgIpc) is 3.19. The van der Waals surface area contributed by atoms with Gasteiger partial charge in [0.2, 0.25) is 5.89 Å². The van der Waals surface area contributed by atoms with Crippen LogP contribution in [0.15, 0.2) is 45.8 Å². The highest BCUT2D eigenvalue weighted by molar-refractivity contribution is 14.0. The van der Waals surface area contributed by atoms with Crippen molar-refractivity contribution in [3.63, 3.8) is 0 Å². The van der Waals surface area contributed by atoms with Crippen molar-refractivity contribution in [3.8, 4) is 10.8 Å². The molecule has 0 aliphatic heterocycles. The highest BCUT2D eigenvalue weighted by Gasteiger charge is 2.09. The van der Waals surface area contributed by atoms with Gasteiger partial charge in [-0.25, -0.2) is 4.98 Å². The molecular weight excluding hydrogens is 423 g/mol. The molecule has 0 saturated heterocycles. The molecule has 2 aromatic rings. The molecule has 0 amide bonds. The Bertz CT molecular complexity index is 609. The standard InChI is InChI=1S/C16H22N4OS.HI/c1-4-5-6-9-20(3)16(17-2)18-11-13-12-21-15(19-13)14-8-7-10-22-14;/h4,7-8,10,12H,1,5-6,9,11H2,2-3H3,(H,17,18);1H. The minimum absolute atomic E-state index is 0. The molecule has 2 rings (SSSR count). The third-order valence-corrected chi connectivity index (χ3v) is 4.04. The van der Waals surface area contributed by atoms with Crippen molar-refractivity contribution in [1.82, 2.24) is 15.2 Å². The van der Waals surface area contributed by atoms with Crippen molar-refractivity contribution in [2.24, 2.45) is 4.99 Å². The molecule has 0 aliphatic carbocycles. The fourth-order valence-electron chi connectivity index (χ4n) is 2.03. The lowest BCUT2D eigenvalue weighted by Crippen LogP contribution is -2.39. The van der Waals surface area contributed by atoms with Gasteiger partial charge < -0.3 is 14.6 Å². The Hall–Kier alpha value is -1.35. The summed E-state index contributed by atoms with van der Waals surface area (Å²) in [4.78, 5) is 11.9. The predicted octanol–water partition coefficient (Wildman–Crippen LogP) is 3.99. The predicted molar refractivity (Wildman–Crippen MR) is 107 cm³/mol. The molecule has 126 valence electrons. The molecule has 2 heterocycles. The second-order valence-electron chi connectivity index (χ2n) is 4.87. The number of thiophene rings is 1. The molecule has 0 saturated carbocycles. The van der Waals surface area contributed by atoms with Crippen LogP contribution in [0.25, 0.3) is 10.8 Å². The van der Waals surface area contributed by atoms with E-state index in [2.05, 4.69) is 26.8 Å². The molecule has 0 unspecified atom stereocenters. The van der Waals surface area contributed by atoms with Crippen molar-refractivity contribution >= 4 is 41.3 Å². The molecule has 0 bridgehead atoms. The number of aliphatic imine (C=N–C) groups is 1. The van der Waals surface area contributed by atoms with Crippen LogP contribution in [0.4, 0.5) is 0 Å². The van der Waals surface area contributed by atoms with Crippen molar-refractivity contribution in [1.29, 1.82) is 0 Å². The maximum atomic E-state index is 5.51. The van der Waals surface area contributed by atoms with Crippen LogP contribution in [0.1, 0.15) is 18.5 Å². The minimum atomic E-state index is 0. The first-order valence-electron chi connectivity index (χ1n) is 7.25. The maximum absolute atomic E-state index is 5.51. The zero-order valence-corrected chi connectivity index (χ0v) is 16.6. The Morgan fingerprint density at radius 3 is 3.04 bits per heavy atom. The molecule has 2 aromatic heterocycles. The third kappa shape index (κ3) is 5.98. The van der Waals surface area contributed by atoms with Crippen LogP contribution in [0.2, 0.25) is 0 Å². The van der Waals surface area contributed by atoms with Crippen molar-refractivity contribution < 1.29 is 4.42 Å². The topological polar surface area (TPSA) is 53.7 Å². The van der Waals surface area contributed by atoms with Gasteiger partial charge >= 0.3 is 0 Å². The molecule has 7 heteroatoms. The number of nitrogens with zero attached hydrogens (tertiary/aromatic N) is 3. The lowest BCUT2D eigenvalue weighted by Gasteiger charge is -2.21. The van der Waals surface area contributed by atoms with Crippen molar-refractivity contribution in [2.75, 3.05) is 20.6 Å². The Labute approximate surface area is 158 Å².